The Bertz CT molecular complexity index is 416. The molecule has 0 aliphatic heterocycles. The van der Waals surface area contributed by atoms with Crippen LogP contribution >= 0.6 is 15.9 Å². The van der Waals surface area contributed by atoms with Crippen LogP contribution < -0.4 is 11.5 Å². The highest BCUT2D eigenvalue weighted by Gasteiger charge is 2.18. The zero-order valence-electron chi connectivity index (χ0n) is 8.28. The molecule has 1 aliphatic carbocycles. The Kier molecular flexibility index (Phi) is 2.67. The minimum atomic E-state index is -0.385. The van der Waals surface area contributed by atoms with Gasteiger partial charge in [-0.1, -0.05) is 46.3 Å². The topological polar surface area (TPSA) is 52.0 Å². The van der Waals surface area contributed by atoms with E-state index in [-0.39, 0.29) is 4.45 Å². The van der Waals surface area contributed by atoms with E-state index in [1.165, 1.54) is 11.1 Å². The van der Waals surface area contributed by atoms with Gasteiger partial charge in [0.1, 0.15) is 0 Å². The molecule has 2 nitrogen and oxygen atoms in total. The van der Waals surface area contributed by atoms with E-state index in [2.05, 4.69) is 22.0 Å². The molecule has 0 spiro atoms. The standard InChI is InChI=1S/C12H13BrN2/c13-12(15)7-5-10(6-8-12)9-1-3-11(14)4-2-9/h1-7H,8,14-15H2. The van der Waals surface area contributed by atoms with Crippen molar-refractivity contribution in [2.75, 3.05) is 5.73 Å². The van der Waals surface area contributed by atoms with Crippen LogP contribution in [0.5, 0.6) is 0 Å². The molecule has 1 aromatic carbocycles. The fourth-order valence-corrected chi connectivity index (χ4v) is 1.81. The molecule has 4 N–H and O–H groups in total. The summed E-state index contributed by atoms with van der Waals surface area (Å²) in [5.41, 5.74) is 14.7. The molecule has 0 aromatic heterocycles. The number of hydrogen-bond donors (Lipinski definition) is 2. The number of halogens is 1. The van der Waals surface area contributed by atoms with Crippen molar-refractivity contribution >= 4 is 27.2 Å². The Morgan fingerprint density at radius 3 is 2.40 bits per heavy atom. The lowest BCUT2D eigenvalue weighted by Crippen LogP contribution is -2.30. The molecule has 78 valence electrons. The summed E-state index contributed by atoms with van der Waals surface area (Å²) in [5.74, 6) is 0. The van der Waals surface area contributed by atoms with Gasteiger partial charge in [0, 0.05) is 5.69 Å². The Morgan fingerprint density at radius 1 is 1.20 bits per heavy atom. The Morgan fingerprint density at radius 2 is 1.87 bits per heavy atom. The van der Waals surface area contributed by atoms with Crippen LogP contribution in [-0.2, 0) is 0 Å². The van der Waals surface area contributed by atoms with Crippen molar-refractivity contribution in [1.29, 1.82) is 0 Å². The van der Waals surface area contributed by atoms with Crippen molar-refractivity contribution in [1.82, 2.24) is 0 Å². The van der Waals surface area contributed by atoms with Gasteiger partial charge in [-0.3, -0.25) is 0 Å². The zero-order valence-corrected chi connectivity index (χ0v) is 9.87. The molecule has 1 aliphatic rings. The first-order valence-corrected chi connectivity index (χ1v) is 5.59. The van der Waals surface area contributed by atoms with E-state index in [0.717, 1.165) is 12.1 Å². The summed E-state index contributed by atoms with van der Waals surface area (Å²) in [7, 11) is 0. The van der Waals surface area contributed by atoms with Crippen LogP contribution in [0.3, 0.4) is 0 Å². The van der Waals surface area contributed by atoms with Crippen LogP contribution in [0.15, 0.2) is 42.5 Å². The molecule has 2 rings (SSSR count). The van der Waals surface area contributed by atoms with Gasteiger partial charge in [-0.25, -0.2) is 0 Å². The summed E-state index contributed by atoms with van der Waals surface area (Å²) in [6.45, 7) is 0. The van der Waals surface area contributed by atoms with Crippen LogP contribution in [0.1, 0.15) is 12.0 Å². The highest BCUT2D eigenvalue weighted by molar-refractivity contribution is 9.10. The molecule has 3 heteroatoms. The van der Waals surface area contributed by atoms with E-state index >= 15 is 0 Å². The number of allylic oxidation sites excluding steroid dienone is 2. The van der Waals surface area contributed by atoms with Gasteiger partial charge in [0.25, 0.3) is 0 Å². The van der Waals surface area contributed by atoms with Crippen molar-refractivity contribution in [3.63, 3.8) is 0 Å². The number of anilines is 1. The van der Waals surface area contributed by atoms with Gasteiger partial charge < -0.3 is 11.5 Å². The highest BCUT2D eigenvalue weighted by Crippen LogP contribution is 2.29. The second-order valence-corrected chi connectivity index (χ2v) is 5.22. The number of alkyl halides is 1. The molecule has 0 amide bonds. The van der Waals surface area contributed by atoms with Crippen molar-refractivity contribution in [2.24, 2.45) is 5.73 Å². The van der Waals surface area contributed by atoms with Gasteiger partial charge in [-0.2, -0.15) is 0 Å². The van der Waals surface area contributed by atoms with E-state index in [4.69, 9.17) is 11.5 Å². The third-order valence-electron chi connectivity index (χ3n) is 2.42. The smallest absolute Gasteiger partial charge is 0.0940 e. The summed E-state index contributed by atoms with van der Waals surface area (Å²) in [6, 6.07) is 7.84. The van der Waals surface area contributed by atoms with Gasteiger partial charge in [0.15, 0.2) is 0 Å². The maximum atomic E-state index is 5.91. The average Bonchev–Trinajstić information content (AvgIpc) is 2.20. The van der Waals surface area contributed by atoms with Gasteiger partial charge in [0.2, 0.25) is 0 Å². The zero-order chi connectivity index (χ0) is 10.9. The van der Waals surface area contributed by atoms with Gasteiger partial charge in [-0.05, 0) is 29.7 Å². The van der Waals surface area contributed by atoms with Crippen molar-refractivity contribution in [3.8, 4) is 0 Å². The van der Waals surface area contributed by atoms with Gasteiger partial charge in [0.05, 0.1) is 4.45 Å². The second-order valence-electron chi connectivity index (χ2n) is 3.75. The van der Waals surface area contributed by atoms with Crippen LogP contribution in [0.4, 0.5) is 5.69 Å². The summed E-state index contributed by atoms with van der Waals surface area (Å²) in [6.07, 6.45) is 6.92. The number of hydrogen-bond acceptors (Lipinski definition) is 2. The van der Waals surface area contributed by atoms with Crippen LogP contribution in [-0.4, -0.2) is 4.45 Å². The number of benzene rings is 1. The fourth-order valence-electron chi connectivity index (χ4n) is 1.52. The Balaban J connectivity index is 2.24. The average molecular weight is 265 g/mol. The Hall–Kier alpha value is -1.06. The molecule has 0 saturated carbocycles. The molecule has 1 unspecified atom stereocenters. The number of nitrogens with two attached hydrogens (primary N) is 2. The van der Waals surface area contributed by atoms with E-state index in [1.807, 2.05) is 36.4 Å². The fraction of sp³-hybridized carbons (Fsp3) is 0.167. The van der Waals surface area contributed by atoms with Crippen LogP contribution in [0.2, 0.25) is 0 Å². The summed E-state index contributed by atoms with van der Waals surface area (Å²) < 4.78 is -0.385. The largest absolute Gasteiger partial charge is 0.399 e. The summed E-state index contributed by atoms with van der Waals surface area (Å²) >= 11 is 3.43. The number of nitrogen functional groups attached to an aromatic ring is 1. The molecule has 15 heavy (non-hydrogen) atoms. The first kappa shape index (κ1) is 10.5. The second kappa shape index (κ2) is 3.83. The van der Waals surface area contributed by atoms with Crippen molar-refractivity contribution in [3.05, 3.63) is 48.1 Å². The molecule has 0 fully saturated rings. The monoisotopic (exact) mass is 264 g/mol. The molecule has 0 bridgehead atoms. The van der Waals surface area contributed by atoms with Gasteiger partial charge >= 0.3 is 0 Å². The number of rotatable bonds is 1. The molecule has 0 radical (unpaired) electrons. The van der Waals surface area contributed by atoms with E-state index < -0.39 is 0 Å². The van der Waals surface area contributed by atoms with Crippen molar-refractivity contribution < 1.29 is 0 Å². The lowest BCUT2D eigenvalue weighted by Gasteiger charge is -2.20. The maximum Gasteiger partial charge on any atom is 0.0940 e. The van der Waals surface area contributed by atoms with E-state index in [1.54, 1.807) is 0 Å². The van der Waals surface area contributed by atoms with Gasteiger partial charge in [-0.15, -0.1) is 0 Å². The van der Waals surface area contributed by atoms with E-state index in [0.29, 0.717) is 0 Å². The first-order chi connectivity index (χ1) is 7.07. The molecule has 1 atom stereocenters. The summed E-state index contributed by atoms with van der Waals surface area (Å²) in [5, 5.41) is 0. The van der Waals surface area contributed by atoms with Crippen LogP contribution in [0.25, 0.3) is 5.57 Å². The predicted molar refractivity (Wildman–Crippen MR) is 68.4 cm³/mol. The van der Waals surface area contributed by atoms with E-state index in [9.17, 15) is 0 Å². The predicted octanol–water partition coefficient (Wildman–Crippen LogP) is 2.66. The lowest BCUT2D eigenvalue weighted by atomic mass is 9.97. The SMILES string of the molecule is Nc1ccc(C2=CCC(N)(Br)C=C2)cc1. The van der Waals surface area contributed by atoms with Crippen LogP contribution in [0, 0.1) is 0 Å². The first-order valence-electron chi connectivity index (χ1n) is 4.80. The quantitative estimate of drug-likeness (QED) is 0.466. The third-order valence-corrected chi connectivity index (χ3v) is 3.01. The minimum Gasteiger partial charge on any atom is -0.399 e. The maximum absolute atomic E-state index is 5.91. The summed E-state index contributed by atoms with van der Waals surface area (Å²) in [4.78, 5) is 0. The normalized spacial score (nSPS) is 25.1. The molecule has 1 aromatic rings. The molecular weight excluding hydrogens is 252 g/mol. The third kappa shape index (κ3) is 2.49. The molecule has 0 saturated heterocycles. The minimum absolute atomic E-state index is 0.385. The highest BCUT2D eigenvalue weighted by atomic mass is 79.9. The molecular formula is C12H13BrN2. The lowest BCUT2D eigenvalue weighted by molar-refractivity contribution is 0.777. The Labute approximate surface area is 97.8 Å². The molecule has 0 heterocycles. The van der Waals surface area contributed by atoms with Crippen molar-refractivity contribution in [2.45, 2.75) is 10.9 Å².